The van der Waals surface area contributed by atoms with Gasteiger partial charge in [0.15, 0.2) is 0 Å². The van der Waals surface area contributed by atoms with Crippen molar-refractivity contribution >= 4 is 0 Å². The van der Waals surface area contributed by atoms with Gasteiger partial charge in [0.2, 0.25) is 0 Å². The molecule has 0 aliphatic heterocycles. The Morgan fingerprint density at radius 1 is 1.41 bits per heavy atom. The average Bonchev–Trinajstić information content (AvgIpc) is 2.69. The molecular weight excluding hydrogens is 214 g/mol. The van der Waals surface area contributed by atoms with Crippen molar-refractivity contribution in [2.24, 2.45) is 0 Å². The van der Waals surface area contributed by atoms with Crippen LogP contribution < -0.4 is 5.32 Å². The minimum Gasteiger partial charge on any atom is -0.391 e. The van der Waals surface area contributed by atoms with Gasteiger partial charge in [0.25, 0.3) is 0 Å². The summed E-state index contributed by atoms with van der Waals surface area (Å²) in [6, 6.07) is 0.174. The predicted octanol–water partition coefficient (Wildman–Crippen LogP) is 1.86. The zero-order valence-corrected chi connectivity index (χ0v) is 10.6. The first-order valence-corrected chi connectivity index (χ1v) is 6.73. The van der Waals surface area contributed by atoms with E-state index in [0.29, 0.717) is 0 Å². The number of aromatic nitrogens is 2. The first-order valence-electron chi connectivity index (χ1n) is 6.73. The molecule has 0 aromatic carbocycles. The van der Waals surface area contributed by atoms with Crippen LogP contribution in [0.4, 0.5) is 0 Å². The van der Waals surface area contributed by atoms with Crippen LogP contribution in [0.25, 0.3) is 0 Å². The normalized spacial score (nSPS) is 25.8. The molecule has 0 spiro atoms. The lowest BCUT2D eigenvalue weighted by atomic mass is 10.1. The van der Waals surface area contributed by atoms with E-state index >= 15 is 0 Å². The summed E-state index contributed by atoms with van der Waals surface area (Å²) in [4.78, 5) is 0. The van der Waals surface area contributed by atoms with Gasteiger partial charge in [-0.1, -0.05) is 26.2 Å². The van der Waals surface area contributed by atoms with Gasteiger partial charge in [0.1, 0.15) is 0 Å². The van der Waals surface area contributed by atoms with Crippen LogP contribution in [0.15, 0.2) is 12.4 Å². The number of hydrogen-bond acceptors (Lipinski definition) is 3. The predicted molar refractivity (Wildman–Crippen MR) is 67.7 cm³/mol. The van der Waals surface area contributed by atoms with E-state index in [1.165, 1.54) is 18.4 Å². The lowest BCUT2D eigenvalue weighted by Gasteiger charge is -2.20. The molecule has 2 rings (SSSR count). The smallest absolute Gasteiger partial charge is 0.0778 e. The average molecular weight is 237 g/mol. The number of nitrogens with zero attached hydrogens (tertiary/aromatic N) is 2. The van der Waals surface area contributed by atoms with Crippen LogP contribution in [-0.4, -0.2) is 27.5 Å². The summed E-state index contributed by atoms with van der Waals surface area (Å²) in [7, 11) is 0. The zero-order chi connectivity index (χ0) is 12.1. The highest BCUT2D eigenvalue weighted by molar-refractivity contribution is 5.04. The second kappa shape index (κ2) is 6.17. The Morgan fingerprint density at radius 3 is 3.06 bits per heavy atom. The minimum absolute atomic E-state index is 0.174. The summed E-state index contributed by atoms with van der Waals surface area (Å²) >= 11 is 0. The lowest BCUT2D eigenvalue weighted by molar-refractivity contribution is 0.0990. The molecule has 2 N–H and O–H groups in total. The number of hydrogen-bond donors (Lipinski definition) is 2. The number of nitrogens with one attached hydrogen (secondary N) is 1. The summed E-state index contributed by atoms with van der Waals surface area (Å²) in [6.07, 6.45) is 9.27. The van der Waals surface area contributed by atoms with Crippen molar-refractivity contribution in [1.82, 2.24) is 15.1 Å². The Labute approximate surface area is 103 Å². The fourth-order valence-corrected chi connectivity index (χ4v) is 2.50. The monoisotopic (exact) mass is 237 g/mol. The Bertz CT molecular complexity index is 337. The first kappa shape index (κ1) is 12.6. The van der Waals surface area contributed by atoms with E-state index in [4.69, 9.17) is 0 Å². The molecule has 1 aromatic rings. The molecule has 17 heavy (non-hydrogen) atoms. The Balaban J connectivity index is 2.01. The maximum Gasteiger partial charge on any atom is 0.0778 e. The molecule has 1 heterocycles. The van der Waals surface area contributed by atoms with Gasteiger partial charge in [-0.3, -0.25) is 4.68 Å². The quantitative estimate of drug-likeness (QED) is 0.786. The standard InChI is InChI=1S/C13H23N3O/c1-2-14-8-11-9-15-16(10-11)12-6-4-3-5-7-13(12)17/h9-10,12-14,17H,2-8H2,1H3. The van der Waals surface area contributed by atoms with Crippen LogP contribution in [0.3, 0.4) is 0 Å². The molecule has 0 radical (unpaired) electrons. The highest BCUT2D eigenvalue weighted by atomic mass is 16.3. The maximum absolute atomic E-state index is 10.1. The summed E-state index contributed by atoms with van der Waals surface area (Å²) in [6.45, 7) is 3.93. The molecule has 4 heteroatoms. The van der Waals surface area contributed by atoms with Crippen molar-refractivity contribution in [2.45, 2.75) is 57.7 Å². The van der Waals surface area contributed by atoms with Gasteiger partial charge in [0.05, 0.1) is 18.3 Å². The van der Waals surface area contributed by atoms with Gasteiger partial charge in [-0.25, -0.2) is 0 Å². The highest BCUT2D eigenvalue weighted by Gasteiger charge is 2.23. The minimum atomic E-state index is -0.232. The van der Waals surface area contributed by atoms with Crippen LogP contribution in [-0.2, 0) is 6.54 Å². The molecule has 1 saturated carbocycles. The molecule has 2 unspecified atom stereocenters. The van der Waals surface area contributed by atoms with E-state index in [-0.39, 0.29) is 12.1 Å². The highest BCUT2D eigenvalue weighted by Crippen LogP contribution is 2.27. The second-order valence-corrected chi connectivity index (χ2v) is 4.88. The summed E-state index contributed by atoms with van der Waals surface area (Å²) in [5.41, 5.74) is 1.20. The van der Waals surface area contributed by atoms with Crippen LogP contribution in [0.2, 0.25) is 0 Å². The zero-order valence-electron chi connectivity index (χ0n) is 10.6. The molecule has 2 atom stereocenters. The van der Waals surface area contributed by atoms with Crippen molar-refractivity contribution in [3.8, 4) is 0 Å². The molecule has 4 nitrogen and oxygen atoms in total. The molecular formula is C13H23N3O. The number of aliphatic hydroxyl groups excluding tert-OH is 1. The summed E-state index contributed by atoms with van der Waals surface area (Å²) in [5.74, 6) is 0. The van der Waals surface area contributed by atoms with Crippen LogP contribution in [0, 0.1) is 0 Å². The molecule has 0 bridgehead atoms. The number of rotatable bonds is 4. The van der Waals surface area contributed by atoms with E-state index < -0.39 is 0 Å². The van der Waals surface area contributed by atoms with E-state index in [1.54, 1.807) is 0 Å². The molecule has 1 aliphatic rings. The van der Waals surface area contributed by atoms with Gasteiger partial charge >= 0.3 is 0 Å². The third kappa shape index (κ3) is 3.30. The SMILES string of the molecule is CCNCc1cnn(C2CCCCCC2O)c1. The second-order valence-electron chi connectivity index (χ2n) is 4.88. The van der Waals surface area contributed by atoms with Gasteiger partial charge in [-0.15, -0.1) is 0 Å². The van der Waals surface area contributed by atoms with Gasteiger partial charge in [-0.2, -0.15) is 5.10 Å². The Hall–Kier alpha value is -0.870. The Morgan fingerprint density at radius 2 is 2.24 bits per heavy atom. The van der Waals surface area contributed by atoms with Crippen LogP contribution in [0.1, 0.15) is 50.6 Å². The molecule has 1 aromatic heterocycles. The molecule has 1 aliphatic carbocycles. The number of aliphatic hydroxyl groups is 1. The van der Waals surface area contributed by atoms with Gasteiger partial charge in [0, 0.05) is 18.3 Å². The van der Waals surface area contributed by atoms with Crippen molar-refractivity contribution < 1.29 is 5.11 Å². The maximum atomic E-state index is 10.1. The van der Waals surface area contributed by atoms with Gasteiger partial charge < -0.3 is 10.4 Å². The van der Waals surface area contributed by atoms with Crippen molar-refractivity contribution in [3.05, 3.63) is 18.0 Å². The van der Waals surface area contributed by atoms with Crippen LogP contribution >= 0.6 is 0 Å². The first-order chi connectivity index (χ1) is 8.31. The molecule has 0 saturated heterocycles. The largest absolute Gasteiger partial charge is 0.391 e. The van der Waals surface area contributed by atoms with Crippen molar-refractivity contribution in [1.29, 1.82) is 0 Å². The van der Waals surface area contributed by atoms with Crippen LogP contribution in [0.5, 0.6) is 0 Å². The van der Waals surface area contributed by atoms with Crippen molar-refractivity contribution in [3.63, 3.8) is 0 Å². The van der Waals surface area contributed by atoms with E-state index in [9.17, 15) is 5.11 Å². The fourth-order valence-electron chi connectivity index (χ4n) is 2.50. The fraction of sp³-hybridized carbons (Fsp3) is 0.769. The molecule has 96 valence electrons. The topological polar surface area (TPSA) is 50.1 Å². The third-order valence-corrected chi connectivity index (χ3v) is 3.52. The molecule has 1 fully saturated rings. The van der Waals surface area contributed by atoms with Crippen molar-refractivity contribution in [2.75, 3.05) is 6.54 Å². The molecule has 0 amide bonds. The van der Waals surface area contributed by atoms with E-state index in [1.807, 2.05) is 10.9 Å². The lowest BCUT2D eigenvalue weighted by Crippen LogP contribution is -2.23. The summed E-state index contributed by atoms with van der Waals surface area (Å²) in [5, 5.41) is 17.8. The van der Waals surface area contributed by atoms with E-state index in [2.05, 4.69) is 23.5 Å². The third-order valence-electron chi connectivity index (χ3n) is 3.52. The summed E-state index contributed by atoms with van der Waals surface area (Å²) < 4.78 is 1.96. The Kier molecular flexibility index (Phi) is 4.57. The van der Waals surface area contributed by atoms with Gasteiger partial charge in [-0.05, 0) is 19.4 Å². The van der Waals surface area contributed by atoms with E-state index in [0.717, 1.165) is 32.4 Å².